The van der Waals surface area contributed by atoms with Crippen LogP contribution >= 0.6 is 0 Å². The molecule has 38 heavy (non-hydrogen) atoms. The molecule has 7 heteroatoms. The second-order valence-corrected chi connectivity index (χ2v) is 12.1. The lowest BCUT2D eigenvalue weighted by molar-refractivity contribution is -0.0939. The Morgan fingerprint density at radius 2 is 1.87 bits per heavy atom. The predicted molar refractivity (Wildman–Crippen MR) is 150 cm³/mol. The highest BCUT2D eigenvalue weighted by atomic mass is 19.1. The quantitative estimate of drug-likeness (QED) is 0.317. The fraction of sp³-hybridized carbons (Fsp3) is 0.742. The van der Waals surface area contributed by atoms with E-state index in [1.54, 1.807) is 6.07 Å². The summed E-state index contributed by atoms with van der Waals surface area (Å²) in [4.78, 5) is 22.2. The van der Waals surface area contributed by atoms with Crippen LogP contribution in [0.15, 0.2) is 29.3 Å². The van der Waals surface area contributed by atoms with Gasteiger partial charge < -0.3 is 19.3 Å². The Hall–Kier alpha value is -2.15. The zero-order chi connectivity index (χ0) is 27.3. The third-order valence-electron chi connectivity index (χ3n) is 9.60. The van der Waals surface area contributed by atoms with Crippen LogP contribution in [0, 0.1) is 23.6 Å². The van der Waals surface area contributed by atoms with Crippen LogP contribution in [-0.2, 0) is 9.47 Å². The number of rotatable bonds is 9. The Bertz CT molecular complexity index is 942. The first-order chi connectivity index (χ1) is 18.3. The van der Waals surface area contributed by atoms with E-state index in [0.29, 0.717) is 17.9 Å². The van der Waals surface area contributed by atoms with E-state index in [1.807, 2.05) is 12.4 Å². The van der Waals surface area contributed by atoms with Gasteiger partial charge in [-0.05, 0) is 82.2 Å². The molecule has 0 N–H and O–H groups in total. The third-order valence-corrected chi connectivity index (χ3v) is 9.60. The Kier molecular flexibility index (Phi) is 9.72. The largest absolute Gasteiger partial charge is 0.510 e. The van der Waals surface area contributed by atoms with Gasteiger partial charge in [0.05, 0.1) is 19.5 Å². The second kappa shape index (κ2) is 12.8. The van der Waals surface area contributed by atoms with Gasteiger partial charge in [-0.3, -0.25) is 0 Å². The first-order valence-corrected chi connectivity index (χ1v) is 14.8. The van der Waals surface area contributed by atoms with Gasteiger partial charge in [0.2, 0.25) is 5.72 Å². The number of halogens is 1. The van der Waals surface area contributed by atoms with Gasteiger partial charge in [0.1, 0.15) is 5.82 Å². The van der Waals surface area contributed by atoms with Gasteiger partial charge in [0.15, 0.2) is 0 Å². The third kappa shape index (κ3) is 6.19. The standard InChI is InChI=1S/C31H48FN3O3/c1-6-22(2)31(38-30(36)37-5)28(35(21-33-31)27-13-8-7-9-14-27)19-23-15-17-24(18-16-23)29(34(3)4)25-11-10-12-26(32)20-25/h10-12,20-24,27-29H,6-9,13-19H2,1-5H3. The minimum atomic E-state index is -0.913. The van der Waals surface area contributed by atoms with Crippen LogP contribution in [0.25, 0.3) is 0 Å². The van der Waals surface area contributed by atoms with Crippen molar-refractivity contribution in [1.29, 1.82) is 0 Å². The molecule has 3 aliphatic rings. The molecule has 0 radical (unpaired) electrons. The molecule has 4 rings (SSSR count). The van der Waals surface area contributed by atoms with Gasteiger partial charge in [-0.2, -0.15) is 0 Å². The highest BCUT2D eigenvalue weighted by Gasteiger charge is 2.54. The SMILES string of the molecule is CCC(C)C1(OC(=O)OC)N=CN(C2CCCCC2)C1CC1CCC(C(c2cccc(F)c2)N(C)C)CC1. The van der Waals surface area contributed by atoms with E-state index in [4.69, 9.17) is 14.5 Å². The van der Waals surface area contributed by atoms with Crippen molar-refractivity contribution in [2.45, 2.75) is 108 Å². The summed E-state index contributed by atoms with van der Waals surface area (Å²) in [6, 6.07) is 7.78. The van der Waals surface area contributed by atoms with Gasteiger partial charge in [-0.1, -0.05) is 58.1 Å². The van der Waals surface area contributed by atoms with Crippen LogP contribution in [0.1, 0.15) is 96.1 Å². The number of hydrogen-bond acceptors (Lipinski definition) is 6. The number of carbonyl (C=O) groups excluding carboxylic acids is 1. The molecule has 1 heterocycles. The minimum absolute atomic E-state index is 0.0223. The summed E-state index contributed by atoms with van der Waals surface area (Å²) >= 11 is 0. The number of ether oxygens (including phenoxy) is 2. The summed E-state index contributed by atoms with van der Waals surface area (Å²) in [5, 5.41) is 0. The maximum Gasteiger partial charge on any atom is 0.510 e. The van der Waals surface area contributed by atoms with Crippen molar-refractivity contribution in [3.8, 4) is 0 Å². The lowest BCUT2D eigenvalue weighted by atomic mass is 9.72. The van der Waals surface area contributed by atoms with Gasteiger partial charge in [0.25, 0.3) is 0 Å². The number of aliphatic imine (C=N–C) groups is 1. The molecular weight excluding hydrogens is 481 g/mol. The maximum atomic E-state index is 14.0. The molecule has 1 aromatic carbocycles. The van der Waals surface area contributed by atoms with Crippen LogP contribution < -0.4 is 0 Å². The molecule has 0 bridgehead atoms. The molecule has 1 aromatic rings. The average Bonchev–Trinajstić information content (AvgIpc) is 3.28. The van der Waals surface area contributed by atoms with E-state index in [2.05, 4.69) is 43.8 Å². The summed E-state index contributed by atoms with van der Waals surface area (Å²) in [7, 11) is 5.58. The molecule has 6 nitrogen and oxygen atoms in total. The van der Waals surface area contributed by atoms with Gasteiger partial charge >= 0.3 is 6.16 Å². The number of methoxy groups -OCH3 is 1. The summed E-state index contributed by atoms with van der Waals surface area (Å²) < 4.78 is 25.1. The lowest BCUT2D eigenvalue weighted by Crippen LogP contribution is -2.56. The highest BCUT2D eigenvalue weighted by molar-refractivity contribution is 5.65. The lowest BCUT2D eigenvalue weighted by Gasteiger charge is -2.45. The zero-order valence-corrected chi connectivity index (χ0v) is 24.1. The highest BCUT2D eigenvalue weighted by Crippen LogP contribution is 2.46. The molecule has 1 aliphatic heterocycles. The van der Waals surface area contributed by atoms with Crippen molar-refractivity contribution in [1.82, 2.24) is 9.80 Å². The van der Waals surface area contributed by atoms with E-state index in [-0.39, 0.29) is 23.8 Å². The Balaban J connectivity index is 1.52. The van der Waals surface area contributed by atoms with E-state index in [1.165, 1.54) is 45.3 Å². The molecule has 4 unspecified atom stereocenters. The molecular formula is C31H48FN3O3. The summed E-state index contributed by atoms with van der Waals surface area (Å²) in [6.45, 7) is 4.29. The fourth-order valence-corrected chi connectivity index (χ4v) is 7.41. The van der Waals surface area contributed by atoms with Crippen LogP contribution in [0.5, 0.6) is 0 Å². The van der Waals surface area contributed by atoms with Gasteiger partial charge in [-0.25, -0.2) is 14.2 Å². The Morgan fingerprint density at radius 3 is 2.47 bits per heavy atom. The number of benzene rings is 1. The molecule has 2 aliphatic carbocycles. The smallest absolute Gasteiger partial charge is 0.438 e. The van der Waals surface area contributed by atoms with E-state index >= 15 is 0 Å². The minimum Gasteiger partial charge on any atom is -0.438 e. The zero-order valence-electron chi connectivity index (χ0n) is 24.1. The monoisotopic (exact) mass is 529 g/mol. The molecule has 0 amide bonds. The molecule has 2 fully saturated rings. The molecule has 2 saturated carbocycles. The normalized spacial score (nSPS) is 29.9. The van der Waals surface area contributed by atoms with E-state index in [0.717, 1.165) is 44.1 Å². The first kappa shape index (κ1) is 28.8. The van der Waals surface area contributed by atoms with Crippen molar-refractivity contribution in [3.63, 3.8) is 0 Å². The molecule has 0 spiro atoms. The Labute approximate surface area is 229 Å². The second-order valence-electron chi connectivity index (χ2n) is 12.1. The van der Waals surface area contributed by atoms with Crippen molar-refractivity contribution in [2.24, 2.45) is 22.7 Å². The average molecular weight is 530 g/mol. The topological polar surface area (TPSA) is 54.4 Å². The summed E-state index contributed by atoms with van der Waals surface area (Å²) in [5.41, 5.74) is 0.150. The van der Waals surface area contributed by atoms with Crippen molar-refractivity contribution in [2.75, 3.05) is 21.2 Å². The number of nitrogens with zero attached hydrogens (tertiary/aromatic N) is 3. The van der Waals surface area contributed by atoms with Crippen LogP contribution in [0.3, 0.4) is 0 Å². The first-order valence-electron chi connectivity index (χ1n) is 14.8. The number of carbonyl (C=O) groups is 1. The predicted octanol–water partition coefficient (Wildman–Crippen LogP) is 7.20. The van der Waals surface area contributed by atoms with Crippen LogP contribution in [-0.4, -0.2) is 61.3 Å². The van der Waals surface area contributed by atoms with E-state index in [9.17, 15) is 9.18 Å². The van der Waals surface area contributed by atoms with Crippen molar-refractivity contribution < 1.29 is 18.7 Å². The van der Waals surface area contributed by atoms with Gasteiger partial charge in [0, 0.05) is 18.0 Å². The maximum absolute atomic E-state index is 14.0. The van der Waals surface area contributed by atoms with Crippen LogP contribution in [0.2, 0.25) is 0 Å². The Morgan fingerprint density at radius 1 is 1.16 bits per heavy atom. The molecule has 4 atom stereocenters. The van der Waals surface area contributed by atoms with Crippen molar-refractivity contribution >= 4 is 12.5 Å². The summed E-state index contributed by atoms with van der Waals surface area (Å²) in [6.07, 6.45) is 13.7. The molecule has 212 valence electrons. The van der Waals surface area contributed by atoms with E-state index < -0.39 is 11.9 Å². The van der Waals surface area contributed by atoms with Crippen LogP contribution in [0.4, 0.5) is 9.18 Å². The molecule has 0 saturated heterocycles. The fourth-order valence-electron chi connectivity index (χ4n) is 7.41. The van der Waals surface area contributed by atoms with Gasteiger partial charge in [-0.15, -0.1) is 0 Å². The van der Waals surface area contributed by atoms with Crippen molar-refractivity contribution in [3.05, 3.63) is 35.6 Å². The molecule has 0 aromatic heterocycles. The summed E-state index contributed by atoms with van der Waals surface area (Å²) in [5.74, 6) is 0.935. The number of hydrogen-bond donors (Lipinski definition) is 0.